The van der Waals surface area contributed by atoms with Crippen LogP contribution in [0.5, 0.6) is 0 Å². The molecule has 0 unspecified atom stereocenters. The molecule has 0 aliphatic carbocycles. The lowest BCUT2D eigenvalue weighted by molar-refractivity contribution is -0.137. The van der Waals surface area contributed by atoms with E-state index in [4.69, 9.17) is 15.4 Å². The third kappa shape index (κ3) is 3.39. The fourth-order valence-electron chi connectivity index (χ4n) is 0.848. The first-order valence-electron chi connectivity index (χ1n) is 4.08. The third-order valence-electron chi connectivity index (χ3n) is 1.54. The van der Waals surface area contributed by atoms with E-state index in [1.54, 1.807) is 0 Å². The van der Waals surface area contributed by atoms with Gasteiger partial charge in [0.2, 0.25) is 0 Å². The van der Waals surface area contributed by atoms with Crippen molar-refractivity contribution in [2.75, 3.05) is 5.75 Å². The van der Waals surface area contributed by atoms with Gasteiger partial charge in [-0.15, -0.1) is 0 Å². The highest BCUT2D eigenvalue weighted by atomic mass is 32.2. The van der Waals surface area contributed by atoms with Crippen LogP contribution in [-0.4, -0.2) is 28.0 Å². The number of rotatable bonds is 5. The summed E-state index contributed by atoms with van der Waals surface area (Å²) in [5.41, 5.74) is 6.13. The lowest BCUT2D eigenvalue weighted by Crippen LogP contribution is -2.32. The molecule has 0 bridgehead atoms. The zero-order chi connectivity index (χ0) is 10.6. The SMILES string of the molecule is Cc1cc(CSC[C@@H](N)C(=O)O)no1. The van der Waals surface area contributed by atoms with E-state index in [0.717, 1.165) is 11.5 Å². The number of aromatic nitrogens is 1. The summed E-state index contributed by atoms with van der Waals surface area (Å²) in [6, 6.07) is 1.01. The van der Waals surface area contributed by atoms with Crippen molar-refractivity contribution in [2.24, 2.45) is 5.73 Å². The molecule has 0 saturated carbocycles. The molecule has 0 radical (unpaired) electrons. The van der Waals surface area contributed by atoms with E-state index in [2.05, 4.69) is 5.16 Å². The second-order valence-electron chi connectivity index (χ2n) is 2.89. The molecule has 3 N–H and O–H groups in total. The number of hydrogen-bond acceptors (Lipinski definition) is 5. The zero-order valence-corrected chi connectivity index (χ0v) is 8.58. The number of carbonyl (C=O) groups is 1. The van der Waals surface area contributed by atoms with Crippen LogP contribution in [0.1, 0.15) is 11.5 Å². The number of hydrogen-bond donors (Lipinski definition) is 2. The summed E-state index contributed by atoms with van der Waals surface area (Å²) in [7, 11) is 0. The van der Waals surface area contributed by atoms with Gasteiger partial charge in [-0.2, -0.15) is 11.8 Å². The van der Waals surface area contributed by atoms with E-state index in [9.17, 15) is 4.79 Å². The van der Waals surface area contributed by atoms with Crippen LogP contribution in [0.25, 0.3) is 0 Å². The predicted octanol–water partition coefficient (Wildman–Crippen LogP) is 0.628. The van der Waals surface area contributed by atoms with Crippen LogP contribution >= 0.6 is 11.8 Å². The van der Waals surface area contributed by atoms with Crippen LogP contribution in [-0.2, 0) is 10.5 Å². The molecule has 0 amide bonds. The summed E-state index contributed by atoms with van der Waals surface area (Å²) in [6.07, 6.45) is 0. The summed E-state index contributed by atoms with van der Waals surface area (Å²) in [5, 5.41) is 12.3. The molecule has 1 rings (SSSR count). The summed E-state index contributed by atoms with van der Waals surface area (Å²) >= 11 is 1.43. The lowest BCUT2D eigenvalue weighted by Gasteiger charge is -2.03. The average Bonchev–Trinajstić information content (AvgIpc) is 2.51. The molecule has 0 spiro atoms. The molecule has 78 valence electrons. The largest absolute Gasteiger partial charge is 0.480 e. The highest BCUT2D eigenvalue weighted by Crippen LogP contribution is 2.12. The molecule has 1 heterocycles. The highest BCUT2D eigenvalue weighted by Gasteiger charge is 2.11. The molecule has 1 aromatic heterocycles. The fraction of sp³-hybridized carbons (Fsp3) is 0.500. The normalized spacial score (nSPS) is 12.7. The van der Waals surface area contributed by atoms with Crippen LogP contribution in [0.3, 0.4) is 0 Å². The molecular weight excluding hydrogens is 204 g/mol. The van der Waals surface area contributed by atoms with Crippen molar-refractivity contribution in [3.8, 4) is 0 Å². The summed E-state index contributed by atoms with van der Waals surface area (Å²) in [4.78, 5) is 10.4. The first-order valence-corrected chi connectivity index (χ1v) is 5.23. The van der Waals surface area contributed by atoms with E-state index >= 15 is 0 Å². The molecule has 1 atom stereocenters. The van der Waals surface area contributed by atoms with Gasteiger partial charge in [0.1, 0.15) is 11.8 Å². The number of nitrogens with two attached hydrogens (primary N) is 1. The first kappa shape index (κ1) is 11.1. The summed E-state index contributed by atoms with van der Waals surface area (Å²) in [5.74, 6) is 0.775. The number of nitrogens with zero attached hydrogens (tertiary/aromatic N) is 1. The van der Waals surface area contributed by atoms with Crippen LogP contribution < -0.4 is 5.73 Å². The number of aryl methyl sites for hydroxylation is 1. The minimum Gasteiger partial charge on any atom is -0.480 e. The quantitative estimate of drug-likeness (QED) is 0.750. The minimum atomic E-state index is -0.978. The highest BCUT2D eigenvalue weighted by molar-refractivity contribution is 7.98. The Morgan fingerprint density at radius 1 is 1.86 bits per heavy atom. The monoisotopic (exact) mass is 216 g/mol. The Kier molecular flexibility index (Phi) is 3.97. The standard InChI is InChI=1S/C8H12N2O3S/c1-5-2-6(10-13-5)3-14-4-7(9)8(11)12/h2,7H,3-4,9H2,1H3,(H,11,12)/t7-/m1/s1. The number of thioether (sulfide) groups is 1. The lowest BCUT2D eigenvalue weighted by atomic mass is 10.4. The molecule has 1 aromatic rings. The molecule has 0 fully saturated rings. The molecule has 0 aromatic carbocycles. The molecule has 0 aliphatic rings. The Bertz CT molecular complexity index is 313. The molecule has 0 saturated heterocycles. The van der Waals surface area contributed by atoms with Crippen molar-refractivity contribution >= 4 is 17.7 Å². The number of aliphatic carboxylic acids is 1. The summed E-state index contributed by atoms with van der Waals surface area (Å²) < 4.78 is 4.86. The zero-order valence-electron chi connectivity index (χ0n) is 7.77. The summed E-state index contributed by atoms with van der Waals surface area (Å²) in [6.45, 7) is 1.81. The van der Waals surface area contributed by atoms with Gasteiger partial charge in [0, 0.05) is 17.6 Å². The van der Waals surface area contributed by atoms with Gasteiger partial charge in [0.25, 0.3) is 0 Å². The first-order chi connectivity index (χ1) is 6.59. The van der Waals surface area contributed by atoms with E-state index in [1.807, 2.05) is 13.0 Å². The van der Waals surface area contributed by atoms with Crippen LogP contribution in [0.15, 0.2) is 10.6 Å². The Labute approximate surface area is 85.6 Å². The van der Waals surface area contributed by atoms with E-state index in [0.29, 0.717) is 11.5 Å². The van der Waals surface area contributed by atoms with Crippen LogP contribution in [0, 0.1) is 6.92 Å². The third-order valence-corrected chi connectivity index (χ3v) is 2.64. The Hall–Kier alpha value is -1.01. The van der Waals surface area contributed by atoms with Gasteiger partial charge in [0.15, 0.2) is 0 Å². The van der Waals surface area contributed by atoms with Gasteiger partial charge in [-0.05, 0) is 6.92 Å². The van der Waals surface area contributed by atoms with Gasteiger partial charge < -0.3 is 15.4 Å². The van der Waals surface area contributed by atoms with Crippen molar-refractivity contribution in [2.45, 2.75) is 18.7 Å². The van der Waals surface area contributed by atoms with Gasteiger partial charge in [0.05, 0.1) is 5.69 Å². The fourth-order valence-corrected chi connectivity index (χ4v) is 1.71. The van der Waals surface area contributed by atoms with Crippen molar-refractivity contribution in [3.05, 3.63) is 17.5 Å². The Morgan fingerprint density at radius 2 is 2.57 bits per heavy atom. The van der Waals surface area contributed by atoms with Gasteiger partial charge in [-0.1, -0.05) is 5.16 Å². The minimum absolute atomic E-state index is 0.376. The smallest absolute Gasteiger partial charge is 0.321 e. The van der Waals surface area contributed by atoms with Gasteiger partial charge >= 0.3 is 5.97 Å². The predicted molar refractivity (Wildman–Crippen MR) is 53.0 cm³/mol. The van der Waals surface area contributed by atoms with Crippen molar-refractivity contribution in [3.63, 3.8) is 0 Å². The van der Waals surface area contributed by atoms with E-state index in [-0.39, 0.29) is 0 Å². The second-order valence-corrected chi connectivity index (χ2v) is 3.92. The van der Waals surface area contributed by atoms with Gasteiger partial charge in [-0.3, -0.25) is 4.79 Å². The Balaban J connectivity index is 2.25. The van der Waals surface area contributed by atoms with Crippen molar-refractivity contribution < 1.29 is 14.4 Å². The molecule has 6 heteroatoms. The van der Waals surface area contributed by atoms with Gasteiger partial charge in [-0.25, -0.2) is 0 Å². The molecule has 14 heavy (non-hydrogen) atoms. The molecule has 5 nitrogen and oxygen atoms in total. The van der Waals surface area contributed by atoms with Crippen LogP contribution in [0.2, 0.25) is 0 Å². The maximum Gasteiger partial charge on any atom is 0.321 e. The number of carboxylic acids is 1. The second kappa shape index (κ2) is 5.02. The van der Waals surface area contributed by atoms with Crippen molar-refractivity contribution in [1.82, 2.24) is 5.16 Å². The van der Waals surface area contributed by atoms with E-state index in [1.165, 1.54) is 11.8 Å². The number of carboxylic acid groups (broad SMARTS) is 1. The van der Waals surface area contributed by atoms with E-state index < -0.39 is 12.0 Å². The maximum absolute atomic E-state index is 10.4. The topological polar surface area (TPSA) is 89.4 Å². The average molecular weight is 216 g/mol. The van der Waals surface area contributed by atoms with Crippen LogP contribution in [0.4, 0.5) is 0 Å². The Morgan fingerprint density at radius 3 is 3.07 bits per heavy atom. The molecular formula is C8H12N2O3S. The van der Waals surface area contributed by atoms with Crippen molar-refractivity contribution in [1.29, 1.82) is 0 Å². The molecule has 0 aliphatic heterocycles. The maximum atomic E-state index is 10.4.